The SMILES string of the molecule is O=C1[C@H]2[C@H](ON(c3ccccc3)[C@H]2c2c3ccccc3cc3ccccc23)C(=O)N1Cc1ccccc1. The minimum atomic E-state index is -0.876. The van der Waals surface area contributed by atoms with E-state index in [0.717, 1.165) is 38.4 Å². The lowest BCUT2D eigenvalue weighted by Gasteiger charge is -2.30. The van der Waals surface area contributed by atoms with Crippen LogP contribution in [0.1, 0.15) is 17.2 Å². The summed E-state index contributed by atoms with van der Waals surface area (Å²) in [7, 11) is 0. The van der Waals surface area contributed by atoms with Crippen LogP contribution in [0.15, 0.2) is 115 Å². The molecule has 2 fully saturated rings. The number of hydrogen-bond donors (Lipinski definition) is 0. The summed E-state index contributed by atoms with van der Waals surface area (Å²) in [5.74, 6) is -1.14. The maximum atomic E-state index is 14.0. The van der Waals surface area contributed by atoms with Crippen molar-refractivity contribution in [1.82, 2.24) is 4.90 Å². The van der Waals surface area contributed by atoms with Crippen molar-refractivity contribution in [3.05, 3.63) is 126 Å². The van der Waals surface area contributed by atoms with E-state index in [1.54, 1.807) is 5.06 Å². The predicted octanol–water partition coefficient (Wildman–Crippen LogP) is 6.04. The van der Waals surface area contributed by atoms with E-state index in [4.69, 9.17) is 4.84 Å². The summed E-state index contributed by atoms with van der Waals surface area (Å²) in [5, 5.41) is 6.08. The number of carbonyl (C=O) groups is 2. The summed E-state index contributed by atoms with van der Waals surface area (Å²) in [5.41, 5.74) is 2.73. The molecule has 0 N–H and O–H groups in total. The third-order valence-corrected chi connectivity index (χ3v) is 7.51. The fraction of sp³-hybridized carbons (Fsp3) is 0.125. The normalized spacial score (nSPS) is 21.2. The first-order valence-corrected chi connectivity index (χ1v) is 12.5. The van der Waals surface area contributed by atoms with Crippen LogP contribution < -0.4 is 5.06 Å². The van der Waals surface area contributed by atoms with E-state index < -0.39 is 18.1 Å². The number of nitrogens with zero attached hydrogens (tertiary/aromatic N) is 2. The Morgan fingerprint density at radius 3 is 1.86 bits per heavy atom. The fourth-order valence-electron chi connectivity index (χ4n) is 5.85. The zero-order valence-corrected chi connectivity index (χ0v) is 20.0. The quantitative estimate of drug-likeness (QED) is 0.231. The van der Waals surface area contributed by atoms with Crippen LogP contribution in [-0.4, -0.2) is 22.8 Å². The minimum Gasteiger partial charge on any atom is -0.275 e. The van der Waals surface area contributed by atoms with Crippen LogP contribution >= 0.6 is 0 Å². The third-order valence-electron chi connectivity index (χ3n) is 7.51. The first kappa shape index (κ1) is 21.8. The van der Waals surface area contributed by atoms with Crippen molar-refractivity contribution >= 4 is 39.0 Å². The van der Waals surface area contributed by atoms with Gasteiger partial charge in [-0.3, -0.25) is 19.3 Å². The van der Waals surface area contributed by atoms with Crippen molar-refractivity contribution in [3.8, 4) is 0 Å². The maximum Gasteiger partial charge on any atom is 0.262 e. The topological polar surface area (TPSA) is 49.9 Å². The molecule has 2 amide bonds. The molecule has 2 aliphatic heterocycles. The van der Waals surface area contributed by atoms with E-state index >= 15 is 0 Å². The highest BCUT2D eigenvalue weighted by molar-refractivity contribution is 6.09. The second-order valence-electron chi connectivity index (χ2n) is 9.64. The van der Waals surface area contributed by atoms with Crippen molar-refractivity contribution in [3.63, 3.8) is 0 Å². The first-order chi connectivity index (χ1) is 18.2. The highest BCUT2D eigenvalue weighted by Gasteiger charge is 2.60. The lowest BCUT2D eigenvalue weighted by molar-refractivity contribution is -0.143. The van der Waals surface area contributed by atoms with E-state index in [0.29, 0.717) is 0 Å². The zero-order valence-electron chi connectivity index (χ0n) is 20.0. The molecule has 5 heteroatoms. The highest BCUT2D eigenvalue weighted by atomic mass is 16.7. The largest absolute Gasteiger partial charge is 0.275 e. The number of imide groups is 1. The van der Waals surface area contributed by atoms with E-state index in [9.17, 15) is 9.59 Å². The molecule has 2 saturated heterocycles. The third kappa shape index (κ3) is 3.43. The summed E-state index contributed by atoms with van der Waals surface area (Å²) in [6.45, 7) is 0.239. The number of rotatable bonds is 4. The summed E-state index contributed by atoms with van der Waals surface area (Å²) in [6, 6.07) is 37.5. The molecule has 0 unspecified atom stereocenters. The average molecular weight is 485 g/mol. The molecular formula is C32H24N2O3. The van der Waals surface area contributed by atoms with E-state index in [1.807, 2.05) is 84.9 Å². The summed E-state index contributed by atoms with van der Waals surface area (Å²) in [4.78, 5) is 35.4. The molecule has 0 saturated carbocycles. The monoisotopic (exact) mass is 484 g/mol. The molecule has 37 heavy (non-hydrogen) atoms. The van der Waals surface area contributed by atoms with Gasteiger partial charge in [0.2, 0.25) is 5.91 Å². The van der Waals surface area contributed by atoms with Gasteiger partial charge in [-0.1, -0.05) is 97.1 Å². The van der Waals surface area contributed by atoms with Gasteiger partial charge in [-0.05, 0) is 50.9 Å². The number of benzene rings is 5. The molecule has 7 rings (SSSR count). The van der Waals surface area contributed by atoms with Crippen LogP contribution in [0.2, 0.25) is 0 Å². The van der Waals surface area contributed by atoms with Crippen LogP contribution in [0.4, 0.5) is 5.69 Å². The van der Waals surface area contributed by atoms with Crippen LogP contribution in [0.25, 0.3) is 21.5 Å². The second-order valence-corrected chi connectivity index (χ2v) is 9.64. The van der Waals surface area contributed by atoms with Crippen molar-refractivity contribution < 1.29 is 14.4 Å². The van der Waals surface area contributed by atoms with Crippen LogP contribution in [-0.2, 0) is 21.0 Å². The molecule has 0 aromatic heterocycles. The molecule has 3 atom stereocenters. The Balaban J connectivity index is 1.43. The van der Waals surface area contributed by atoms with Crippen LogP contribution in [0, 0.1) is 5.92 Å². The Bertz CT molecular complexity index is 1600. The first-order valence-electron chi connectivity index (χ1n) is 12.5. The van der Waals surface area contributed by atoms with Gasteiger partial charge < -0.3 is 0 Å². The number of likely N-dealkylation sites (tertiary alicyclic amines) is 1. The number of amides is 2. The van der Waals surface area contributed by atoms with Crippen molar-refractivity contribution in [2.24, 2.45) is 5.92 Å². The number of carbonyl (C=O) groups excluding carboxylic acids is 2. The number of hydroxylamine groups is 1. The smallest absolute Gasteiger partial charge is 0.262 e. The van der Waals surface area contributed by atoms with Crippen molar-refractivity contribution in [2.75, 3.05) is 5.06 Å². The van der Waals surface area contributed by atoms with Crippen LogP contribution in [0.5, 0.6) is 0 Å². The molecule has 0 aliphatic carbocycles. The Labute approximate surface area is 214 Å². The van der Waals surface area contributed by atoms with Gasteiger partial charge in [0.25, 0.3) is 5.91 Å². The maximum absolute atomic E-state index is 14.0. The standard InChI is InChI=1S/C32H24N2O3/c35-31-28-29(27-25-17-9-7-13-22(25)19-23-14-8-10-18-26(23)27)34(24-15-5-2-6-16-24)37-30(28)32(36)33(31)20-21-11-3-1-4-12-21/h1-19,28-30H,20H2/t28-,29+,30+/m1/s1. The molecule has 2 aliphatic rings. The lowest BCUT2D eigenvalue weighted by atomic mass is 9.84. The molecule has 0 radical (unpaired) electrons. The minimum absolute atomic E-state index is 0.195. The Morgan fingerprint density at radius 1 is 0.649 bits per heavy atom. The van der Waals surface area contributed by atoms with E-state index in [2.05, 4.69) is 30.3 Å². The van der Waals surface area contributed by atoms with Crippen LogP contribution in [0.3, 0.4) is 0 Å². The van der Waals surface area contributed by atoms with E-state index in [1.165, 1.54) is 4.90 Å². The second kappa shape index (κ2) is 8.57. The Hall–Kier alpha value is -4.48. The number of anilines is 1. The average Bonchev–Trinajstić information content (AvgIpc) is 3.44. The zero-order chi connectivity index (χ0) is 24.9. The van der Waals surface area contributed by atoms with Gasteiger partial charge in [0.15, 0.2) is 6.10 Å². The van der Waals surface area contributed by atoms with Gasteiger partial charge in [-0.15, -0.1) is 0 Å². The van der Waals surface area contributed by atoms with E-state index in [-0.39, 0.29) is 18.4 Å². The molecule has 180 valence electrons. The van der Waals surface area contributed by atoms with Crippen molar-refractivity contribution in [2.45, 2.75) is 18.7 Å². The highest BCUT2D eigenvalue weighted by Crippen LogP contribution is 2.50. The number of fused-ring (bicyclic) bond motifs is 3. The van der Waals surface area contributed by atoms with Gasteiger partial charge in [-0.25, -0.2) is 5.06 Å². The Kier molecular flexibility index (Phi) is 5.05. The summed E-state index contributed by atoms with van der Waals surface area (Å²) in [6.07, 6.45) is -0.876. The van der Waals surface area contributed by atoms with Gasteiger partial charge >= 0.3 is 0 Å². The van der Waals surface area contributed by atoms with Gasteiger partial charge in [0, 0.05) is 0 Å². The molecule has 2 heterocycles. The van der Waals surface area contributed by atoms with Gasteiger partial charge in [-0.2, -0.15) is 0 Å². The van der Waals surface area contributed by atoms with Crippen molar-refractivity contribution in [1.29, 1.82) is 0 Å². The number of para-hydroxylation sites is 1. The molecular weight excluding hydrogens is 460 g/mol. The van der Waals surface area contributed by atoms with Gasteiger partial charge in [0.1, 0.15) is 5.92 Å². The predicted molar refractivity (Wildman–Crippen MR) is 143 cm³/mol. The number of hydrogen-bond acceptors (Lipinski definition) is 4. The molecule has 0 bridgehead atoms. The summed E-state index contributed by atoms with van der Waals surface area (Å²) < 4.78 is 0. The summed E-state index contributed by atoms with van der Waals surface area (Å²) >= 11 is 0. The van der Waals surface area contributed by atoms with Gasteiger partial charge in [0.05, 0.1) is 18.3 Å². The lowest BCUT2D eigenvalue weighted by Crippen LogP contribution is -2.37. The molecule has 5 nitrogen and oxygen atoms in total. The molecule has 0 spiro atoms. The molecule has 5 aromatic carbocycles. The fourth-order valence-corrected chi connectivity index (χ4v) is 5.85. The Morgan fingerprint density at radius 2 is 1.22 bits per heavy atom. The molecule has 5 aromatic rings.